The number of carboxylic acids is 1. The number of ether oxygens (including phenoxy) is 2. The lowest BCUT2D eigenvalue weighted by Crippen LogP contribution is -2.45. The average Bonchev–Trinajstić information content (AvgIpc) is 3.36. The zero-order chi connectivity index (χ0) is 26.7. The number of nitrogens with one attached hydrogen (secondary N) is 1. The number of nitrogens with zero attached hydrogens (tertiary/aromatic N) is 3. The van der Waals surface area contributed by atoms with Gasteiger partial charge in [0.1, 0.15) is 40.2 Å². The van der Waals surface area contributed by atoms with Gasteiger partial charge in [0, 0.05) is 11.1 Å². The Kier molecular flexibility index (Phi) is 7.04. The van der Waals surface area contributed by atoms with Gasteiger partial charge < -0.3 is 19.9 Å². The second-order valence-corrected chi connectivity index (χ2v) is 9.21. The van der Waals surface area contributed by atoms with Crippen molar-refractivity contribution in [3.05, 3.63) is 54.2 Å². The summed E-state index contributed by atoms with van der Waals surface area (Å²) in [5, 5.41) is 19.4. The number of carbonyl (C=O) groups is 2. The van der Waals surface area contributed by atoms with Gasteiger partial charge in [-0.1, -0.05) is 12.1 Å². The first kappa shape index (κ1) is 25.5. The van der Waals surface area contributed by atoms with Crippen LogP contribution in [0, 0.1) is 0 Å². The van der Waals surface area contributed by atoms with Crippen molar-refractivity contribution >= 4 is 33.0 Å². The smallest absolute Gasteiger partial charge is 0.327 e. The number of hydrogen-bond donors (Lipinski definition) is 3. The number of fused-ring (bicyclic) bond motifs is 1. The number of aromatic nitrogens is 3. The summed E-state index contributed by atoms with van der Waals surface area (Å²) in [5.41, 5.74) is 1.41. The van der Waals surface area contributed by atoms with Gasteiger partial charge in [0.2, 0.25) is 0 Å². The molecule has 1 atom stereocenters. The summed E-state index contributed by atoms with van der Waals surface area (Å²) in [7, 11) is -1.74. The molecule has 3 N–H and O–H groups in total. The Bertz CT molecular complexity index is 1570. The van der Waals surface area contributed by atoms with E-state index in [4.69, 9.17) is 18.7 Å². The fourth-order valence-electron chi connectivity index (χ4n) is 3.60. The van der Waals surface area contributed by atoms with Gasteiger partial charge in [-0.3, -0.25) is 9.35 Å². The summed E-state index contributed by atoms with van der Waals surface area (Å²) in [5.74, 6) is -2.84. The highest BCUT2D eigenvalue weighted by molar-refractivity contribution is 7.85. The number of amides is 1. The van der Waals surface area contributed by atoms with Crippen LogP contribution in [0.15, 0.2) is 53.2 Å². The van der Waals surface area contributed by atoms with E-state index in [2.05, 4.69) is 20.6 Å². The molecule has 4 rings (SSSR count). The van der Waals surface area contributed by atoms with Crippen molar-refractivity contribution in [1.29, 1.82) is 0 Å². The predicted octanol–water partition coefficient (Wildman–Crippen LogP) is 2.04. The Hall–Kier alpha value is -4.56. The molecule has 37 heavy (non-hydrogen) atoms. The molecule has 1 amide bonds. The van der Waals surface area contributed by atoms with Gasteiger partial charge in [0.15, 0.2) is 5.52 Å². The van der Waals surface area contributed by atoms with Crippen molar-refractivity contribution in [1.82, 2.24) is 20.6 Å². The van der Waals surface area contributed by atoms with Crippen molar-refractivity contribution in [2.45, 2.75) is 6.04 Å². The van der Waals surface area contributed by atoms with Gasteiger partial charge in [-0.2, -0.15) is 8.42 Å². The molecule has 4 aromatic rings. The molecule has 2 aromatic heterocycles. The first-order chi connectivity index (χ1) is 17.6. The monoisotopic (exact) mass is 528 g/mol. The Balaban J connectivity index is 1.92. The minimum atomic E-state index is -4.73. The van der Waals surface area contributed by atoms with Gasteiger partial charge in [-0.15, -0.1) is 0 Å². The van der Waals surface area contributed by atoms with Crippen LogP contribution in [0.5, 0.6) is 11.5 Å². The lowest BCUT2D eigenvalue weighted by molar-refractivity contribution is -0.138. The third-order valence-electron chi connectivity index (χ3n) is 5.35. The average molecular weight is 528 g/mol. The molecule has 0 aliphatic heterocycles. The number of rotatable bonds is 9. The second kappa shape index (κ2) is 10.2. The van der Waals surface area contributed by atoms with Crippen LogP contribution in [0.2, 0.25) is 0 Å². The quantitative estimate of drug-likeness (QED) is 0.268. The molecule has 0 spiro atoms. The lowest BCUT2D eigenvalue weighted by atomic mass is 9.99. The second-order valence-electron chi connectivity index (χ2n) is 7.72. The van der Waals surface area contributed by atoms with Gasteiger partial charge in [-0.25, -0.2) is 14.4 Å². The molecule has 0 radical (unpaired) electrons. The molecule has 0 saturated carbocycles. The fourth-order valence-corrected chi connectivity index (χ4v) is 4.25. The summed E-state index contributed by atoms with van der Waals surface area (Å²) < 4.78 is 47.1. The minimum Gasteiger partial charge on any atom is -0.497 e. The van der Waals surface area contributed by atoms with E-state index in [1.807, 2.05) is 0 Å². The Labute approximate surface area is 209 Å². The largest absolute Gasteiger partial charge is 0.497 e. The summed E-state index contributed by atoms with van der Waals surface area (Å²) in [6, 6.07) is 11.2. The molecule has 0 saturated heterocycles. The van der Waals surface area contributed by atoms with Crippen molar-refractivity contribution in [2.75, 3.05) is 20.0 Å². The van der Waals surface area contributed by atoms with Crippen LogP contribution < -0.4 is 14.8 Å². The standard InChI is InChI=1S/C23H20N4O9S/c1-34-14-7-3-12(4-8-14)17-19-21(27-36-26-19)18(13-5-9-15(35-2)10-6-13)25-20(17)22(28)24-16(23(29)30)11-37(31,32)33/h3-10,16H,11H2,1-2H3,(H,24,28)(H,29,30)(H,31,32,33). The molecule has 192 valence electrons. The number of aliphatic carboxylic acids is 1. The molecule has 0 aliphatic carbocycles. The molecule has 13 nitrogen and oxygen atoms in total. The Morgan fingerprint density at radius 3 is 2.00 bits per heavy atom. The highest BCUT2D eigenvalue weighted by Gasteiger charge is 2.30. The van der Waals surface area contributed by atoms with E-state index in [1.165, 1.54) is 14.2 Å². The number of pyridine rings is 1. The molecule has 0 aliphatic rings. The Morgan fingerprint density at radius 2 is 1.49 bits per heavy atom. The number of benzene rings is 2. The van der Waals surface area contributed by atoms with Crippen molar-refractivity contribution in [3.63, 3.8) is 0 Å². The molecule has 14 heteroatoms. The number of carboxylic acid groups (broad SMARTS) is 1. The normalized spacial score (nSPS) is 12.2. The van der Waals surface area contributed by atoms with Crippen LogP contribution in [0.3, 0.4) is 0 Å². The van der Waals surface area contributed by atoms with Gasteiger partial charge in [-0.05, 0) is 52.3 Å². The van der Waals surface area contributed by atoms with E-state index < -0.39 is 33.8 Å². The third-order valence-corrected chi connectivity index (χ3v) is 6.10. The van der Waals surface area contributed by atoms with Crippen LogP contribution in [0.25, 0.3) is 33.4 Å². The van der Waals surface area contributed by atoms with Crippen LogP contribution in [0.1, 0.15) is 10.5 Å². The van der Waals surface area contributed by atoms with E-state index in [0.29, 0.717) is 22.6 Å². The van der Waals surface area contributed by atoms with Crippen molar-refractivity contribution in [3.8, 4) is 33.9 Å². The molecular formula is C23H20N4O9S. The molecular weight excluding hydrogens is 508 g/mol. The highest BCUT2D eigenvalue weighted by Crippen LogP contribution is 2.36. The fraction of sp³-hybridized carbons (Fsp3) is 0.174. The first-order valence-electron chi connectivity index (χ1n) is 10.5. The van der Waals surface area contributed by atoms with Crippen LogP contribution in [0.4, 0.5) is 0 Å². The minimum absolute atomic E-state index is 0.151. The lowest BCUT2D eigenvalue weighted by Gasteiger charge is -2.16. The van der Waals surface area contributed by atoms with Gasteiger partial charge >= 0.3 is 5.97 Å². The Morgan fingerprint density at radius 1 is 0.946 bits per heavy atom. The maximum absolute atomic E-state index is 13.4. The molecule has 0 bridgehead atoms. The SMILES string of the molecule is COc1ccc(-c2nc(C(=O)NC(CS(=O)(=O)O)C(=O)O)c(-c3ccc(OC)cc3)c3nonc23)cc1. The molecule has 2 aromatic carbocycles. The third kappa shape index (κ3) is 5.49. The number of hydrogen-bond acceptors (Lipinski definition) is 10. The zero-order valence-corrected chi connectivity index (χ0v) is 20.2. The van der Waals surface area contributed by atoms with Crippen molar-refractivity contribution < 1.29 is 41.8 Å². The van der Waals surface area contributed by atoms with E-state index in [1.54, 1.807) is 48.5 Å². The van der Waals surface area contributed by atoms with Gasteiger partial charge in [0.25, 0.3) is 16.0 Å². The van der Waals surface area contributed by atoms with E-state index in [9.17, 15) is 23.1 Å². The maximum Gasteiger partial charge on any atom is 0.327 e. The summed E-state index contributed by atoms with van der Waals surface area (Å²) in [6.07, 6.45) is 0. The molecule has 0 fully saturated rings. The van der Waals surface area contributed by atoms with Crippen LogP contribution >= 0.6 is 0 Å². The topological polar surface area (TPSA) is 191 Å². The zero-order valence-electron chi connectivity index (χ0n) is 19.4. The van der Waals surface area contributed by atoms with Crippen LogP contribution in [-0.2, 0) is 14.9 Å². The van der Waals surface area contributed by atoms with E-state index in [-0.39, 0.29) is 28.0 Å². The first-order valence-corrected chi connectivity index (χ1v) is 12.2. The van der Waals surface area contributed by atoms with Crippen LogP contribution in [-0.4, -0.2) is 71.3 Å². The molecule has 1 unspecified atom stereocenters. The van der Waals surface area contributed by atoms with E-state index in [0.717, 1.165) is 0 Å². The molecule has 2 heterocycles. The maximum atomic E-state index is 13.4. The number of methoxy groups -OCH3 is 2. The summed E-state index contributed by atoms with van der Waals surface area (Å²) in [4.78, 5) is 29.5. The van der Waals surface area contributed by atoms with E-state index >= 15 is 0 Å². The highest BCUT2D eigenvalue weighted by atomic mass is 32.2. The predicted molar refractivity (Wildman–Crippen MR) is 129 cm³/mol. The summed E-state index contributed by atoms with van der Waals surface area (Å²) >= 11 is 0. The number of carbonyl (C=O) groups excluding carboxylic acids is 1. The van der Waals surface area contributed by atoms with Crippen molar-refractivity contribution in [2.24, 2.45) is 0 Å². The summed E-state index contributed by atoms with van der Waals surface area (Å²) in [6.45, 7) is 0. The van der Waals surface area contributed by atoms with Gasteiger partial charge in [0.05, 0.1) is 14.2 Å².